The first-order chi connectivity index (χ1) is 11.9. The standard InChI is InChI=1S/C18H16ClNO4S/c1-24-18(21)16-14-12-4-2-3-5-13(12)25(22,23)17(14)15(20-16)10-6-8-11(19)9-7-10/h2-9,14-17,20H,1H3/t14-,15+,16+,17-/m1/s1. The number of ether oxygens (including phenoxy) is 1. The van der Waals surface area contributed by atoms with Crippen LogP contribution < -0.4 is 5.32 Å². The van der Waals surface area contributed by atoms with E-state index in [1.54, 1.807) is 48.5 Å². The van der Waals surface area contributed by atoms with E-state index >= 15 is 0 Å². The van der Waals surface area contributed by atoms with Crippen molar-refractivity contribution in [2.45, 2.75) is 28.1 Å². The molecule has 1 N–H and O–H groups in total. The fourth-order valence-electron chi connectivity index (χ4n) is 3.98. The van der Waals surface area contributed by atoms with Crippen molar-refractivity contribution >= 4 is 27.4 Å². The maximum absolute atomic E-state index is 13.2. The third-order valence-corrected chi connectivity index (χ3v) is 7.55. The number of carbonyl (C=O) groups is 1. The molecule has 2 heterocycles. The summed E-state index contributed by atoms with van der Waals surface area (Å²) in [6, 6.07) is 12.7. The molecule has 0 saturated carbocycles. The zero-order valence-electron chi connectivity index (χ0n) is 13.3. The predicted octanol–water partition coefficient (Wildman–Crippen LogP) is 2.47. The summed E-state index contributed by atoms with van der Waals surface area (Å²) in [5, 5.41) is 2.99. The van der Waals surface area contributed by atoms with Crippen LogP contribution in [0.4, 0.5) is 0 Å². The Labute approximate surface area is 150 Å². The van der Waals surface area contributed by atoms with Crippen molar-refractivity contribution in [2.75, 3.05) is 7.11 Å². The largest absolute Gasteiger partial charge is 0.468 e. The van der Waals surface area contributed by atoms with Gasteiger partial charge in [0.05, 0.1) is 23.3 Å². The van der Waals surface area contributed by atoms with E-state index in [-0.39, 0.29) is 0 Å². The van der Waals surface area contributed by atoms with Gasteiger partial charge in [-0.2, -0.15) is 0 Å². The second-order valence-electron chi connectivity index (χ2n) is 6.27. The SMILES string of the molecule is COC(=O)[C@H]1N[C@@H](c2ccc(Cl)cc2)[C@H]2[C@@H]1c1ccccc1S2(=O)=O. The maximum Gasteiger partial charge on any atom is 0.323 e. The molecule has 4 atom stereocenters. The number of rotatable bonds is 2. The van der Waals surface area contributed by atoms with Gasteiger partial charge in [0.2, 0.25) is 0 Å². The van der Waals surface area contributed by atoms with Gasteiger partial charge >= 0.3 is 5.97 Å². The van der Waals surface area contributed by atoms with Crippen LogP contribution in [0.3, 0.4) is 0 Å². The van der Waals surface area contributed by atoms with Gasteiger partial charge in [0.25, 0.3) is 0 Å². The van der Waals surface area contributed by atoms with Crippen molar-refractivity contribution in [1.82, 2.24) is 5.32 Å². The van der Waals surface area contributed by atoms with E-state index in [2.05, 4.69) is 5.32 Å². The van der Waals surface area contributed by atoms with E-state index in [9.17, 15) is 13.2 Å². The van der Waals surface area contributed by atoms with Crippen molar-refractivity contribution in [2.24, 2.45) is 0 Å². The highest BCUT2D eigenvalue weighted by Gasteiger charge is 2.59. The van der Waals surface area contributed by atoms with Crippen molar-refractivity contribution in [3.8, 4) is 0 Å². The van der Waals surface area contributed by atoms with Crippen molar-refractivity contribution in [3.05, 3.63) is 64.7 Å². The lowest BCUT2D eigenvalue weighted by atomic mass is 9.89. The zero-order valence-corrected chi connectivity index (χ0v) is 14.9. The van der Waals surface area contributed by atoms with Crippen LogP contribution in [0.5, 0.6) is 0 Å². The third kappa shape index (κ3) is 2.39. The molecular weight excluding hydrogens is 362 g/mol. The molecule has 0 spiro atoms. The first-order valence-corrected chi connectivity index (χ1v) is 9.80. The molecule has 25 heavy (non-hydrogen) atoms. The molecular formula is C18H16ClNO4S. The lowest BCUT2D eigenvalue weighted by Gasteiger charge is -2.18. The normalized spacial score (nSPS) is 29.0. The van der Waals surface area contributed by atoms with Gasteiger partial charge < -0.3 is 4.74 Å². The second-order valence-corrected chi connectivity index (χ2v) is 8.78. The number of fused-ring (bicyclic) bond motifs is 3. The smallest absolute Gasteiger partial charge is 0.323 e. The van der Waals surface area contributed by atoms with E-state index in [1.807, 2.05) is 0 Å². The summed E-state index contributed by atoms with van der Waals surface area (Å²) in [6.45, 7) is 0. The Bertz CT molecular complexity index is 942. The zero-order chi connectivity index (χ0) is 17.8. The Kier molecular flexibility index (Phi) is 3.86. The highest BCUT2D eigenvalue weighted by Crippen LogP contribution is 2.51. The highest BCUT2D eigenvalue weighted by atomic mass is 35.5. The van der Waals surface area contributed by atoms with E-state index < -0.39 is 39.1 Å². The van der Waals surface area contributed by atoms with Crippen molar-refractivity contribution in [3.63, 3.8) is 0 Å². The van der Waals surface area contributed by atoms with E-state index in [0.717, 1.165) is 5.56 Å². The first kappa shape index (κ1) is 16.6. The molecule has 1 saturated heterocycles. The average Bonchev–Trinajstić information content (AvgIpc) is 3.12. The van der Waals surface area contributed by atoms with Gasteiger partial charge in [-0.15, -0.1) is 0 Å². The van der Waals surface area contributed by atoms with Crippen LogP contribution in [0.25, 0.3) is 0 Å². The van der Waals surface area contributed by atoms with E-state index in [1.165, 1.54) is 7.11 Å². The molecule has 0 aliphatic carbocycles. The highest BCUT2D eigenvalue weighted by molar-refractivity contribution is 7.92. The quantitative estimate of drug-likeness (QED) is 0.814. The minimum Gasteiger partial charge on any atom is -0.468 e. The monoisotopic (exact) mass is 377 g/mol. The molecule has 2 aliphatic heterocycles. The minimum atomic E-state index is -3.57. The number of benzene rings is 2. The Balaban J connectivity index is 1.88. The number of nitrogens with one attached hydrogen (secondary N) is 1. The number of halogens is 1. The van der Waals surface area contributed by atoms with Crippen LogP contribution in [0, 0.1) is 0 Å². The lowest BCUT2D eigenvalue weighted by Crippen LogP contribution is -2.36. The maximum atomic E-state index is 13.2. The van der Waals surface area contributed by atoms with Gasteiger partial charge in [0, 0.05) is 10.9 Å². The number of hydrogen-bond acceptors (Lipinski definition) is 5. The van der Waals surface area contributed by atoms with Gasteiger partial charge in [-0.25, -0.2) is 8.42 Å². The Morgan fingerprint density at radius 1 is 1.12 bits per heavy atom. The number of esters is 1. The molecule has 4 rings (SSSR count). The summed E-state index contributed by atoms with van der Waals surface area (Å²) >= 11 is 5.95. The summed E-state index contributed by atoms with van der Waals surface area (Å²) in [4.78, 5) is 12.6. The van der Waals surface area contributed by atoms with Gasteiger partial charge in [-0.05, 0) is 29.3 Å². The molecule has 7 heteroatoms. The van der Waals surface area contributed by atoms with Crippen LogP contribution in [0.15, 0.2) is 53.4 Å². The van der Waals surface area contributed by atoms with Crippen LogP contribution in [-0.2, 0) is 19.4 Å². The van der Waals surface area contributed by atoms with Crippen molar-refractivity contribution in [1.29, 1.82) is 0 Å². The molecule has 2 aromatic carbocycles. The summed E-state index contributed by atoms with van der Waals surface area (Å²) < 4.78 is 31.2. The van der Waals surface area contributed by atoms with Crippen molar-refractivity contribution < 1.29 is 17.9 Å². The molecule has 0 bridgehead atoms. The van der Waals surface area contributed by atoms with Gasteiger partial charge in [-0.3, -0.25) is 10.1 Å². The van der Waals surface area contributed by atoms with Crippen LogP contribution >= 0.6 is 11.6 Å². The van der Waals surface area contributed by atoms with Gasteiger partial charge in [0.15, 0.2) is 9.84 Å². The summed E-state index contributed by atoms with van der Waals surface area (Å²) in [5.41, 5.74) is 1.45. The molecule has 130 valence electrons. The van der Waals surface area contributed by atoms with Crippen LogP contribution in [0.2, 0.25) is 5.02 Å². The Morgan fingerprint density at radius 3 is 2.48 bits per heavy atom. The van der Waals surface area contributed by atoms with Gasteiger partial charge in [0.1, 0.15) is 6.04 Å². The second kappa shape index (κ2) is 5.83. The van der Waals surface area contributed by atoms with E-state index in [4.69, 9.17) is 16.3 Å². The van der Waals surface area contributed by atoms with Crippen LogP contribution in [-0.4, -0.2) is 32.8 Å². The number of sulfone groups is 1. The molecule has 2 aromatic rings. The Morgan fingerprint density at radius 2 is 1.80 bits per heavy atom. The fraction of sp³-hybridized carbons (Fsp3) is 0.278. The molecule has 0 unspecified atom stereocenters. The Hall–Kier alpha value is -1.89. The topological polar surface area (TPSA) is 72.5 Å². The predicted molar refractivity (Wildman–Crippen MR) is 93.3 cm³/mol. The van der Waals surface area contributed by atoms with Crippen LogP contribution in [0.1, 0.15) is 23.1 Å². The molecule has 2 aliphatic rings. The summed E-state index contributed by atoms with van der Waals surface area (Å²) in [6.07, 6.45) is 0. The van der Waals surface area contributed by atoms with Gasteiger partial charge in [-0.1, -0.05) is 41.9 Å². The minimum absolute atomic E-state index is 0.305. The molecule has 0 amide bonds. The average molecular weight is 378 g/mol. The fourth-order valence-corrected chi connectivity index (χ4v) is 6.48. The number of hydrogen-bond donors (Lipinski definition) is 1. The number of methoxy groups -OCH3 is 1. The first-order valence-electron chi connectivity index (χ1n) is 7.87. The lowest BCUT2D eigenvalue weighted by molar-refractivity contribution is -0.143. The molecule has 0 radical (unpaired) electrons. The van der Waals surface area contributed by atoms with E-state index in [0.29, 0.717) is 15.5 Å². The molecule has 0 aromatic heterocycles. The summed E-state index contributed by atoms with van der Waals surface area (Å²) in [5.74, 6) is -0.937. The summed E-state index contributed by atoms with van der Waals surface area (Å²) in [7, 11) is -2.26. The number of carbonyl (C=O) groups excluding carboxylic acids is 1. The molecule has 5 nitrogen and oxygen atoms in total. The molecule has 1 fully saturated rings. The third-order valence-electron chi connectivity index (χ3n) is 5.03.